The number of hydrogen-bond donors (Lipinski definition) is 0. The molecule has 0 saturated carbocycles. The molecular weight excluding hydrogens is 200 g/mol. The molecule has 0 N–H and O–H groups in total. The van der Waals surface area contributed by atoms with Gasteiger partial charge in [0, 0.05) is 0 Å². The Morgan fingerprint density at radius 1 is 1.31 bits per heavy atom. The zero-order chi connectivity index (χ0) is 12.4. The monoisotopic (exact) mass is 224 g/mol. The van der Waals surface area contributed by atoms with Crippen molar-refractivity contribution in [2.45, 2.75) is 46.0 Å². The van der Waals surface area contributed by atoms with E-state index < -0.39 is 5.41 Å². The van der Waals surface area contributed by atoms with Gasteiger partial charge in [-0.1, -0.05) is 25.0 Å². The van der Waals surface area contributed by atoms with Gasteiger partial charge in [0.25, 0.3) is 0 Å². The van der Waals surface area contributed by atoms with Crippen LogP contribution in [0.15, 0.2) is 25.3 Å². The van der Waals surface area contributed by atoms with Gasteiger partial charge in [0.2, 0.25) is 0 Å². The number of unbranched alkanes of at least 4 members (excludes halogenated alkanes) is 3. The van der Waals surface area contributed by atoms with E-state index in [0.717, 1.165) is 32.1 Å². The first-order valence-corrected chi connectivity index (χ1v) is 6.02. The summed E-state index contributed by atoms with van der Waals surface area (Å²) in [4.78, 5) is 11.7. The van der Waals surface area contributed by atoms with Gasteiger partial charge in [-0.25, -0.2) is 0 Å². The maximum Gasteiger partial charge on any atom is 0.315 e. The minimum Gasteiger partial charge on any atom is -0.465 e. The predicted octanol–water partition coefficient (Wildman–Crippen LogP) is 3.88. The third-order valence-electron chi connectivity index (χ3n) is 2.80. The summed E-state index contributed by atoms with van der Waals surface area (Å²) in [5.74, 6) is -0.159. The van der Waals surface area contributed by atoms with Crippen molar-refractivity contribution < 1.29 is 9.53 Å². The van der Waals surface area contributed by atoms with Crippen LogP contribution in [0.25, 0.3) is 0 Å². The van der Waals surface area contributed by atoms with Crippen molar-refractivity contribution in [3.05, 3.63) is 25.3 Å². The molecule has 0 saturated heterocycles. The molecule has 16 heavy (non-hydrogen) atoms. The van der Waals surface area contributed by atoms with Crippen LogP contribution in [0.1, 0.15) is 46.0 Å². The topological polar surface area (TPSA) is 26.3 Å². The second-order valence-corrected chi connectivity index (χ2v) is 4.23. The van der Waals surface area contributed by atoms with Crippen molar-refractivity contribution in [1.29, 1.82) is 0 Å². The number of carbonyl (C=O) groups excluding carboxylic acids is 1. The first-order valence-electron chi connectivity index (χ1n) is 6.02. The smallest absolute Gasteiger partial charge is 0.315 e. The lowest BCUT2D eigenvalue weighted by molar-refractivity contribution is -0.151. The molecule has 2 heteroatoms. The predicted molar refractivity (Wildman–Crippen MR) is 68.2 cm³/mol. The Labute approximate surface area is 99.4 Å². The van der Waals surface area contributed by atoms with Crippen molar-refractivity contribution in [3.63, 3.8) is 0 Å². The van der Waals surface area contributed by atoms with Gasteiger partial charge in [0.1, 0.15) is 0 Å². The molecule has 0 aromatic heterocycles. The Kier molecular flexibility index (Phi) is 7.61. The van der Waals surface area contributed by atoms with E-state index in [2.05, 4.69) is 13.2 Å². The van der Waals surface area contributed by atoms with Gasteiger partial charge in [-0.2, -0.15) is 0 Å². The third kappa shape index (κ3) is 5.15. The van der Waals surface area contributed by atoms with Crippen molar-refractivity contribution >= 4 is 5.97 Å². The number of ether oxygens (including phenoxy) is 1. The fourth-order valence-electron chi connectivity index (χ4n) is 1.54. The third-order valence-corrected chi connectivity index (χ3v) is 2.80. The largest absolute Gasteiger partial charge is 0.465 e. The fraction of sp³-hybridized carbons (Fsp3) is 0.643. The van der Waals surface area contributed by atoms with E-state index in [0.29, 0.717) is 6.61 Å². The average molecular weight is 224 g/mol. The fourth-order valence-corrected chi connectivity index (χ4v) is 1.54. The summed E-state index contributed by atoms with van der Waals surface area (Å²) >= 11 is 0. The van der Waals surface area contributed by atoms with Crippen LogP contribution in [0.3, 0.4) is 0 Å². The summed E-state index contributed by atoms with van der Waals surface area (Å²) in [6.45, 7) is 11.6. The molecule has 0 fully saturated rings. The highest BCUT2D eigenvalue weighted by atomic mass is 16.5. The number of carbonyl (C=O) groups is 1. The van der Waals surface area contributed by atoms with Crippen LogP contribution in [-0.2, 0) is 9.53 Å². The van der Waals surface area contributed by atoms with Crippen LogP contribution >= 0.6 is 0 Å². The number of esters is 1. The maximum absolute atomic E-state index is 11.7. The molecule has 0 spiro atoms. The summed E-state index contributed by atoms with van der Waals surface area (Å²) in [7, 11) is 0. The van der Waals surface area contributed by atoms with E-state index in [1.165, 1.54) is 0 Å². The van der Waals surface area contributed by atoms with E-state index in [1.807, 2.05) is 19.9 Å². The standard InChI is InChI=1S/C14H24O2/c1-5-8-9-10-11-12-14(4,6-2)13(15)16-7-3/h5-6H,1-2,7-12H2,3-4H3. The minimum atomic E-state index is -0.524. The Hall–Kier alpha value is -1.05. The molecule has 0 radical (unpaired) electrons. The highest BCUT2D eigenvalue weighted by molar-refractivity contribution is 5.78. The van der Waals surface area contributed by atoms with Gasteiger partial charge in [0.15, 0.2) is 0 Å². The highest BCUT2D eigenvalue weighted by Crippen LogP contribution is 2.27. The van der Waals surface area contributed by atoms with Gasteiger partial charge in [-0.3, -0.25) is 4.79 Å². The minimum absolute atomic E-state index is 0.159. The Bertz CT molecular complexity index is 233. The van der Waals surface area contributed by atoms with Crippen molar-refractivity contribution in [1.82, 2.24) is 0 Å². The molecule has 0 bridgehead atoms. The Balaban J connectivity index is 4.01. The molecule has 0 heterocycles. The highest BCUT2D eigenvalue weighted by Gasteiger charge is 2.30. The average Bonchev–Trinajstić information content (AvgIpc) is 2.28. The van der Waals surface area contributed by atoms with E-state index in [4.69, 9.17) is 4.74 Å². The molecule has 92 valence electrons. The zero-order valence-corrected chi connectivity index (χ0v) is 10.6. The molecule has 0 aliphatic carbocycles. The van der Waals surface area contributed by atoms with Gasteiger partial charge in [0.05, 0.1) is 12.0 Å². The summed E-state index contributed by atoms with van der Waals surface area (Å²) in [6.07, 6.45) is 8.77. The number of allylic oxidation sites excluding steroid dienone is 1. The normalized spacial score (nSPS) is 13.9. The summed E-state index contributed by atoms with van der Waals surface area (Å²) in [5, 5.41) is 0. The maximum atomic E-state index is 11.7. The van der Waals surface area contributed by atoms with Crippen LogP contribution in [0.4, 0.5) is 0 Å². The lowest BCUT2D eigenvalue weighted by atomic mass is 9.85. The summed E-state index contributed by atoms with van der Waals surface area (Å²) < 4.78 is 5.05. The quantitative estimate of drug-likeness (QED) is 0.337. The van der Waals surface area contributed by atoms with Crippen LogP contribution in [0.5, 0.6) is 0 Å². The SMILES string of the molecule is C=CCCCCCC(C)(C=C)C(=O)OCC. The summed E-state index contributed by atoms with van der Waals surface area (Å²) in [5.41, 5.74) is -0.524. The molecule has 0 aromatic carbocycles. The van der Waals surface area contributed by atoms with Crippen LogP contribution < -0.4 is 0 Å². The van der Waals surface area contributed by atoms with E-state index in [1.54, 1.807) is 6.08 Å². The van der Waals surface area contributed by atoms with Crippen LogP contribution in [-0.4, -0.2) is 12.6 Å². The van der Waals surface area contributed by atoms with Gasteiger partial charge >= 0.3 is 5.97 Å². The van der Waals surface area contributed by atoms with Crippen molar-refractivity contribution in [2.24, 2.45) is 5.41 Å². The molecule has 1 atom stereocenters. The molecule has 0 amide bonds. The first kappa shape index (κ1) is 14.9. The van der Waals surface area contributed by atoms with Crippen LogP contribution in [0, 0.1) is 5.41 Å². The molecule has 0 rings (SSSR count). The van der Waals surface area contributed by atoms with Gasteiger partial charge in [-0.15, -0.1) is 13.2 Å². The van der Waals surface area contributed by atoms with Crippen molar-refractivity contribution in [2.75, 3.05) is 6.61 Å². The van der Waals surface area contributed by atoms with Gasteiger partial charge in [-0.05, 0) is 33.1 Å². The van der Waals surface area contributed by atoms with Crippen molar-refractivity contribution in [3.8, 4) is 0 Å². The Morgan fingerprint density at radius 3 is 2.50 bits per heavy atom. The molecular formula is C14H24O2. The van der Waals surface area contributed by atoms with Crippen LogP contribution in [0.2, 0.25) is 0 Å². The summed E-state index contributed by atoms with van der Waals surface area (Å²) in [6, 6.07) is 0. The van der Waals surface area contributed by atoms with E-state index >= 15 is 0 Å². The zero-order valence-electron chi connectivity index (χ0n) is 10.6. The second kappa shape index (κ2) is 8.14. The van der Waals surface area contributed by atoms with E-state index in [9.17, 15) is 4.79 Å². The van der Waals surface area contributed by atoms with Gasteiger partial charge < -0.3 is 4.74 Å². The molecule has 1 unspecified atom stereocenters. The molecule has 0 aliphatic heterocycles. The molecule has 2 nitrogen and oxygen atoms in total. The Morgan fingerprint density at radius 2 is 2.00 bits per heavy atom. The second-order valence-electron chi connectivity index (χ2n) is 4.23. The first-order chi connectivity index (χ1) is 7.60. The lowest BCUT2D eigenvalue weighted by Crippen LogP contribution is -2.27. The molecule has 0 aliphatic rings. The number of hydrogen-bond acceptors (Lipinski definition) is 2. The lowest BCUT2D eigenvalue weighted by Gasteiger charge is -2.23. The number of rotatable bonds is 9. The van der Waals surface area contributed by atoms with E-state index in [-0.39, 0.29) is 5.97 Å². The molecule has 0 aromatic rings.